The van der Waals surface area contributed by atoms with Gasteiger partial charge in [0, 0.05) is 10.6 Å². The van der Waals surface area contributed by atoms with Gasteiger partial charge in [0.05, 0.1) is 16.9 Å². The van der Waals surface area contributed by atoms with E-state index < -0.39 is 24.4 Å². The van der Waals surface area contributed by atoms with E-state index in [4.69, 9.17) is 27.9 Å². The highest BCUT2D eigenvalue weighted by Gasteiger charge is 2.68. The first-order chi connectivity index (χ1) is 15.7. The molecule has 174 valence electrons. The van der Waals surface area contributed by atoms with Crippen LogP contribution >= 0.6 is 23.2 Å². The molecule has 5 aliphatic rings. The summed E-state index contributed by atoms with van der Waals surface area (Å²) in [6.07, 6.45) is 5.54. The summed E-state index contributed by atoms with van der Waals surface area (Å²) in [7, 11) is 0. The number of likely N-dealkylation sites (tertiary alicyclic amines) is 1. The van der Waals surface area contributed by atoms with Crippen molar-refractivity contribution < 1.29 is 23.9 Å². The second-order valence-corrected chi connectivity index (χ2v) is 10.8. The van der Waals surface area contributed by atoms with Gasteiger partial charge in [0.1, 0.15) is 6.04 Å². The molecule has 2 saturated carbocycles. The largest absolute Gasteiger partial charge is 0.456 e. The van der Waals surface area contributed by atoms with Crippen molar-refractivity contribution in [1.82, 2.24) is 4.90 Å². The number of benzene rings is 1. The first-order valence-electron chi connectivity index (χ1n) is 11.4. The van der Waals surface area contributed by atoms with Crippen LogP contribution in [0.2, 0.25) is 10.0 Å². The van der Waals surface area contributed by atoms with Crippen molar-refractivity contribution in [3.63, 3.8) is 0 Å². The van der Waals surface area contributed by atoms with Gasteiger partial charge in [-0.1, -0.05) is 49.2 Å². The lowest BCUT2D eigenvalue weighted by molar-refractivity contribution is -0.159. The molecule has 1 heterocycles. The maximum absolute atomic E-state index is 13.4. The molecule has 0 N–H and O–H groups in total. The van der Waals surface area contributed by atoms with Crippen molar-refractivity contribution in [3.8, 4) is 0 Å². The van der Waals surface area contributed by atoms with Gasteiger partial charge in [0.2, 0.25) is 17.6 Å². The molecule has 0 radical (unpaired) electrons. The molecule has 1 aromatic carbocycles. The SMILES string of the molecule is CC(C)C[C@H](C(=O)OCC(=O)c1ccc(Cl)cc1Cl)N1C(=O)[C@@H]2[C@@H]3C=C[C@H]([C@H]4C[C@@H]34)[C@@H]2C1=O. The number of imide groups is 1. The standard InChI is InChI=1S/C25H25Cl2NO5/c1-11(2)7-19(25(32)33-10-20(29)15-4-3-12(26)8-18(15)27)28-23(30)21-13-5-6-14(17-9-16(13)17)22(21)24(28)31/h3-6,8,11,13-14,16-17,19,21-22H,7,9-10H2,1-2H3/t13-,14-,16-,17+,19-,21+,22-/m1/s1. The van der Waals surface area contributed by atoms with Crippen LogP contribution in [-0.2, 0) is 19.1 Å². The molecule has 7 atom stereocenters. The summed E-state index contributed by atoms with van der Waals surface area (Å²) in [4.78, 5) is 53.7. The van der Waals surface area contributed by atoms with Gasteiger partial charge in [-0.15, -0.1) is 0 Å². The van der Waals surface area contributed by atoms with Crippen LogP contribution in [0.25, 0.3) is 0 Å². The molecule has 2 bridgehead atoms. The predicted molar refractivity (Wildman–Crippen MR) is 122 cm³/mol. The summed E-state index contributed by atoms with van der Waals surface area (Å²) >= 11 is 12.0. The van der Waals surface area contributed by atoms with E-state index in [-0.39, 0.29) is 58.4 Å². The van der Waals surface area contributed by atoms with E-state index in [1.165, 1.54) is 18.2 Å². The number of ether oxygens (including phenoxy) is 1. The predicted octanol–water partition coefficient (Wildman–Crippen LogP) is 4.19. The minimum absolute atomic E-state index is 0.0374. The number of rotatable bonds is 7. The summed E-state index contributed by atoms with van der Waals surface area (Å²) in [6, 6.07) is 3.40. The third-order valence-corrected chi connectivity index (χ3v) is 8.10. The molecule has 6 nitrogen and oxygen atoms in total. The minimum atomic E-state index is -1.04. The maximum Gasteiger partial charge on any atom is 0.329 e. The molecule has 0 unspecified atom stereocenters. The van der Waals surface area contributed by atoms with E-state index in [0.29, 0.717) is 16.9 Å². The van der Waals surface area contributed by atoms with Crippen molar-refractivity contribution >= 4 is 46.8 Å². The summed E-state index contributed by atoms with van der Waals surface area (Å²) < 4.78 is 5.33. The molecule has 3 fully saturated rings. The first-order valence-corrected chi connectivity index (χ1v) is 12.1. The number of carbonyl (C=O) groups excluding carboxylic acids is 4. The Morgan fingerprint density at radius 1 is 1.06 bits per heavy atom. The topological polar surface area (TPSA) is 80.8 Å². The number of allylic oxidation sites excluding steroid dienone is 2. The smallest absolute Gasteiger partial charge is 0.329 e. The number of carbonyl (C=O) groups is 4. The quantitative estimate of drug-likeness (QED) is 0.248. The number of Topliss-reactive ketones (excluding diaryl/α,β-unsaturated/α-hetero) is 1. The normalized spacial score (nSPS) is 32.1. The Morgan fingerprint density at radius 2 is 1.67 bits per heavy atom. The molecule has 8 heteroatoms. The van der Waals surface area contributed by atoms with Gasteiger partial charge in [-0.25, -0.2) is 4.79 Å². The fraction of sp³-hybridized carbons (Fsp3) is 0.520. The van der Waals surface area contributed by atoms with Crippen molar-refractivity contribution in [3.05, 3.63) is 46.0 Å². The molecule has 0 aromatic heterocycles. The van der Waals surface area contributed by atoms with Gasteiger partial charge in [0.25, 0.3) is 0 Å². The third kappa shape index (κ3) is 3.71. The van der Waals surface area contributed by atoms with Gasteiger partial charge in [0.15, 0.2) is 6.61 Å². The zero-order chi connectivity index (χ0) is 23.6. The van der Waals surface area contributed by atoms with Gasteiger partial charge in [-0.3, -0.25) is 19.3 Å². The minimum Gasteiger partial charge on any atom is -0.456 e. The lowest BCUT2D eigenvalue weighted by Gasteiger charge is -2.37. The van der Waals surface area contributed by atoms with Gasteiger partial charge in [-0.2, -0.15) is 0 Å². The Balaban J connectivity index is 1.33. The van der Waals surface area contributed by atoms with Crippen LogP contribution < -0.4 is 0 Å². The lowest BCUT2D eigenvalue weighted by Crippen LogP contribution is -2.47. The van der Waals surface area contributed by atoms with Gasteiger partial charge >= 0.3 is 5.97 Å². The van der Waals surface area contributed by atoms with Crippen molar-refractivity contribution in [2.24, 2.45) is 41.4 Å². The van der Waals surface area contributed by atoms with Crippen LogP contribution in [0.4, 0.5) is 0 Å². The number of esters is 1. The zero-order valence-electron chi connectivity index (χ0n) is 18.4. The van der Waals surface area contributed by atoms with Crippen LogP contribution in [0.1, 0.15) is 37.0 Å². The molecular formula is C25H25Cl2NO5. The second-order valence-electron chi connectivity index (χ2n) is 10.0. The molecule has 1 aliphatic heterocycles. The molecule has 6 rings (SSSR count). The molecular weight excluding hydrogens is 465 g/mol. The highest BCUT2D eigenvalue weighted by molar-refractivity contribution is 6.36. The number of halogens is 2. The molecule has 4 aliphatic carbocycles. The van der Waals surface area contributed by atoms with Crippen molar-refractivity contribution in [2.45, 2.75) is 32.7 Å². The highest BCUT2D eigenvalue weighted by Crippen LogP contribution is 2.65. The van der Waals surface area contributed by atoms with Crippen molar-refractivity contribution in [2.75, 3.05) is 6.61 Å². The second kappa shape index (κ2) is 8.24. The number of amides is 2. The van der Waals surface area contributed by atoms with Crippen LogP contribution in [0.5, 0.6) is 0 Å². The maximum atomic E-state index is 13.4. The fourth-order valence-corrected chi connectivity index (χ4v) is 6.58. The number of hydrogen-bond donors (Lipinski definition) is 0. The first kappa shape index (κ1) is 22.6. The molecule has 2 amide bonds. The highest BCUT2D eigenvalue weighted by atomic mass is 35.5. The van der Waals surface area contributed by atoms with E-state index in [1.54, 1.807) is 0 Å². The Bertz CT molecular complexity index is 1050. The third-order valence-electron chi connectivity index (χ3n) is 7.55. The van der Waals surface area contributed by atoms with Gasteiger partial charge < -0.3 is 4.74 Å². The summed E-state index contributed by atoms with van der Waals surface area (Å²) in [5.41, 5.74) is 0.190. The molecule has 1 saturated heterocycles. The van der Waals surface area contributed by atoms with Crippen LogP contribution in [0.3, 0.4) is 0 Å². The molecule has 33 heavy (non-hydrogen) atoms. The Hall–Kier alpha value is -2.18. The number of ketones is 1. The monoisotopic (exact) mass is 489 g/mol. The molecule has 1 aromatic rings. The van der Waals surface area contributed by atoms with Crippen LogP contribution in [0, 0.1) is 41.4 Å². The van der Waals surface area contributed by atoms with E-state index in [2.05, 4.69) is 12.2 Å². The Morgan fingerprint density at radius 3 is 2.21 bits per heavy atom. The Kier molecular flexibility index (Phi) is 5.65. The average molecular weight is 490 g/mol. The van der Waals surface area contributed by atoms with Gasteiger partial charge in [-0.05, 0) is 60.6 Å². The van der Waals surface area contributed by atoms with E-state index in [9.17, 15) is 19.2 Å². The number of nitrogens with zero attached hydrogens (tertiary/aromatic N) is 1. The van der Waals surface area contributed by atoms with E-state index in [1.807, 2.05) is 13.8 Å². The van der Waals surface area contributed by atoms with Crippen LogP contribution in [0.15, 0.2) is 30.4 Å². The Labute approximate surface area is 202 Å². The van der Waals surface area contributed by atoms with Crippen LogP contribution in [-0.4, -0.2) is 41.1 Å². The summed E-state index contributed by atoms with van der Waals surface area (Å²) in [6.45, 7) is 3.30. The molecule has 0 spiro atoms. The van der Waals surface area contributed by atoms with E-state index in [0.717, 1.165) is 11.3 Å². The van der Waals surface area contributed by atoms with E-state index >= 15 is 0 Å². The average Bonchev–Trinajstić information content (AvgIpc) is 3.54. The number of hydrogen-bond acceptors (Lipinski definition) is 5. The summed E-state index contributed by atoms with van der Waals surface area (Å²) in [5, 5.41) is 0.553. The lowest BCUT2D eigenvalue weighted by atomic mass is 9.63. The summed E-state index contributed by atoms with van der Waals surface area (Å²) in [5.74, 6) is -1.38. The zero-order valence-corrected chi connectivity index (χ0v) is 19.9. The van der Waals surface area contributed by atoms with Crippen molar-refractivity contribution in [1.29, 1.82) is 0 Å². The fourth-order valence-electron chi connectivity index (χ4n) is 6.07.